The molecule has 0 N–H and O–H groups in total. The second kappa shape index (κ2) is 7.98. The lowest BCUT2D eigenvalue weighted by atomic mass is 10.2. The van der Waals surface area contributed by atoms with E-state index in [0.717, 1.165) is 11.3 Å². The van der Waals surface area contributed by atoms with E-state index in [1.165, 1.54) is 11.8 Å². The molecule has 0 saturated carbocycles. The highest BCUT2D eigenvalue weighted by Crippen LogP contribution is 2.25. The molecule has 25 heavy (non-hydrogen) atoms. The Morgan fingerprint density at radius 1 is 1.12 bits per heavy atom. The number of hydrogen-bond acceptors (Lipinski definition) is 4. The Kier molecular flexibility index (Phi) is 5.50. The molecule has 0 spiro atoms. The Labute approximate surface area is 151 Å². The molecule has 0 radical (unpaired) electrons. The van der Waals surface area contributed by atoms with E-state index in [4.69, 9.17) is 0 Å². The van der Waals surface area contributed by atoms with Crippen LogP contribution in [-0.4, -0.2) is 37.9 Å². The van der Waals surface area contributed by atoms with Gasteiger partial charge in [0.15, 0.2) is 5.16 Å². The van der Waals surface area contributed by atoms with Crippen molar-refractivity contribution in [1.29, 1.82) is 0 Å². The van der Waals surface area contributed by atoms with E-state index in [9.17, 15) is 4.79 Å². The normalized spacial score (nSPS) is 11.9. The van der Waals surface area contributed by atoms with Gasteiger partial charge in [-0.2, -0.15) is 0 Å². The van der Waals surface area contributed by atoms with Crippen LogP contribution in [0.15, 0.2) is 72.1 Å². The highest BCUT2D eigenvalue weighted by molar-refractivity contribution is 8.00. The third-order valence-corrected chi connectivity index (χ3v) is 4.86. The summed E-state index contributed by atoms with van der Waals surface area (Å²) < 4.78 is 1.89. The SMILES string of the molecule is C[C@H](Sc1nncn1-c1ccccc1)C(=O)N(C)Cc1ccccc1. The Hall–Kier alpha value is -2.60. The van der Waals surface area contributed by atoms with Gasteiger partial charge < -0.3 is 4.90 Å². The van der Waals surface area contributed by atoms with Crippen molar-refractivity contribution in [2.45, 2.75) is 23.9 Å². The van der Waals surface area contributed by atoms with Gasteiger partial charge in [0.25, 0.3) is 0 Å². The van der Waals surface area contributed by atoms with Gasteiger partial charge in [0.05, 0.1) is 5.25 Å². The molecule has 0 bridgehead atoms. The summed E-state index contributed by atoms with van der Waals surface area (Å²) in [5.41, 5.74) is 2.09. The number of rotatable bonds is 6. The van der Waals surface area contributed by atoms with Crippen molar-refractivity contribution in [3.05, 3.63) is 72.6 Å². The fourth-order valence-corrected chi connectivity index (χ4v) is 3.48. The van der Waals surface area contributed by atoms with E-state index >= 15 is 0 Å². The van der Waals surface area contributed by atoms with Crippen LogP contribution in [0.3, 0.4) is 0 Å². The van der Waals surface area contributed by atoms with Gasteiger partial charge >= 0.3 is 0 Å². The average molecular weight is 352 g/mol. The molecule has 0 unspecified atom stereocenters. The van der Waals surface area contributed by atoms with Gasteiger partial charge in [-0.3, -0.25) is 9.36 Å². The van der Waals surface area contributed by atoms with Crippen LogP contribution in [-0.2, 0) is 11.3 Å². The third-order valence-electron chi connectivity index (χ3n) is 3.82. The van der Waals surface area contributed by atoms with Crippen molar-refractivity contribution in [1.82, 2.24) is 19.7 Å². The average Bonchev–Trinajstić information content (AvgIpc) is 3.10. The van der Waals surface area contributed by atoms with Crippen molar-refractivity contribution in [3.63, 3.8) is 0 Å². The second-order valence-corrected chi connectivity index (χ2v) is 7.07. The molecule has 3 aromatic rings. The molecule has 5 nitrogen and oxygen atoms in total. The number of carbonyl (C=O) groups excluding carboxylic acids is 1. The summed E-state index contributed by atoms with van der Waals surface area (Å²) in [6.07, 6.45) is 1.67. The van der Waals surface area contributed by atoms with Crippen LogP contribution in [0.2, 0.25) is 0 Å². The summed E-state index contributed by atoms with van der Waals surface area (Å²) >= 11 is 1.42. The third kappa shape index (κ3) is 4.28. The van der Waals surface area contributed by atoms with Crippen LogP contribution in [0, 0.1) is 0 Å². The first-order valence-electron chi connectivity index (χ1n) is 8.06. The number of nitrogens with zero attached hydrogens (tertiary/aromatic N) is 4. The lowest BCUT2D eigenvalue weighted by molar-refractivity contribution is -0.129. The van der Waals surface area contributed by atoms with E-state index in [1.807, 2.05) is 79.2 Å². The molecule has 3 rings (SSSR count). The Morgan fingerprint density at radius 2 is 1.76 bits per heavy atom. The smallest absolute Gasteiger partial charge is 0.235 e. The van der Waals surface area contributed by atoms with Gasteiger partial charge in [-0.05, 0) is 24.6 Å². The molecule has 0 fully saturated rings. The predicted octanol–water partition coefficient (Wildman–Crippen LogP) is 3.41. The molecule has 6 heteroatoms. The summed E-state index contributed by atoms with van der Waals surface area (Å²) in [5, 5.41) is 8.61. The van der Waals surface area contributed by atoms with E-state index < -0.39 is 0 Å². The fourth-order valence-electron chi connectivity index (χ4n) is 2.52. The monoisotopic (exact) mass is 352 g/mol. The summed E-state index contributed by atoms with van der Waals surface area (Å²) in [5.74, 6) is 0.0662. The molecule has 1 heterocycles. The molecule has 1 aromatic heterocycles. The Morgan fingerprint density at radius 3 is 2.44 bits per heavy atom. The quantitative estimate of drug-likeness (QED) is 0.638. The second-order valence-electron chi connectivity index (χ2n) is 5.76. The molecule has 2 aromatic carbocycles. The maximum absolute atomic E-state index is 12.7. The van der Waals surface area contributed by atoms with Gasteiger partial charge in [0, 0.05) is 19.3 Å². The number of amides is 1. The fraction of sp³-hybridized carbons (Fsp3) is 0.211. The zero-order valence-corrected chi connectivity index (χ0v) is 15.1. The maximum Gasteiger partial charge on any atom is 0.235 e. The van der Waals surface area contributed by atoms with Gasteiger partial charge in [0.1, 0.15) is 6.33 Å². The first-order valence-corrected chi connectivity index (χ1v) is 8.94. The number of hydrogen-bond donors (Lipinski definition) is 0. The first-order chi connectivity index (χ1) is 12.1. The van der Waals surface area contributed by atoms with Crippen LogP contribution in [0.25, 0.3) is 5.69 Å². The summed E-state index contributed by atoms with van der Waals surface area (Å²) in [6.45, 7) is 2.49. The molecule has 1 atom stereocenters. The van der Waals surface area contributed by atoms with E-state index in [0.29, 0.717) is 11.7 Å². The summed E-state index contributed by atoms with van der Waals surface area (Å²) in [4.78, 5) is 14.4. The maximum atomic E-state index is 12.7. The van der Waals surface area contributed by atoms with Crippen molar-refractivity contribution in [2.24, 2.45) is 0 Å². The van der Waals surface area contributed by atoms with E-state index in [2.05, 4.69) is 10.2 Å². The minimum Gasteiger partial charge on any atom is -0.340 e. The molecular weight excluding hydrogens is 332 g/mol. The number of para-hydroxylation sites is 1. The van der Waals surface area contributed by atoms with E-state index in [1.54, 1.807) is 11.2 Å². The molecule has 0 saturated heterocycles. The molecule has 0 aliphatic carbocycles. The molecular formula is C19H20N4OS. The van der Waals surface area contributed by atoms with Crippen LogP contribution in [0.5, 0.6) is 0 Å². The predicted molar refractivity (Wildman–Crippen MR) is 99.6 cm³/mol. The zero-order chi connectivity index (χ0) is 17.6. The van der Waals surface area contributed by atoms with Crippen molar-refractivity contribution in [3.8, 4) is 5.69 Å². The largest absolute Gasteiger partial charge is 0.340 e. The van der Waals surface area contributed by atoms with Crippen LogP contribution < -0.4 is 0 Å². The lowest BCUT2D eigenvalue weighted by Crippen LogP contribution is -2.32. The van der Waals surface area contributed by atoms with Crippen LogP contribution in [0.1, 0.15) is 12.5 Å². The van der Waals surface area contributed by atoms with Crippen molar-refractivity contribution in [2.75, 3.05) is 7.05 Å². The number of aromatic nitrogens is 3. The van der Waals surface area contributed by atoms with Gasteiger partial charge in [0.2, 0.25) is 5.91 Å². The number of thioether (sulfide) groups is 1. The molecule has 0 aliphatic rings. The zero-order valence-electron chi connectivity index (χ0n) is 14.2. The minimum absolute atomic E-state index is 0.0662. The number of benzene rings is 2. The van der Waals surface area contributed by atoms with Crippen LogP contribution in [0.4, 0.5) is 0 Å². The van der Waals surface area contributed by atoms with E-state index in [-0.39, 0.29) is 11.2 Å². The molecule has 128 valence electrons. The summed E-state index contributed by atoms with van der Waals surface area (Å²) in [6, 6.07) is 19.8. The lowest BCUT2D eigenvalue weighted by Gasteiger charge is -2.21. The first kappa shape index (κ1) is 17.2. The highest BCUT2D eigenvalue weighted by atomic mass is 32.2. The van der Waals surface area contributed by atoms with Crippen molar-refractivity contribution < 1.29 is 4.79 Å². The molecule has 1 amide bonds. The molecule has 0 aliphatic heterocycles. The van der Waals surface area contributed by atoms with Gasteiger partial charge in [-0.25, -0.2) is 0 Å². The van der Waals surface area contributed by atoms with Gasteiger partial charge in [-0.15, -0.1) is 10.2 Å². The minimum atomic E-state index is -0.250. The van der Waals surface area contributed by atoms with Crippen molar-refractivity contribution >= 4 is 17.7 Å². The standard InChI is InChI=1S/C19H20N4OS/c1-15(18(24)22(2)13-16-9-5-3-6-10-16)25-19-21-20-14-23(19)17-11-7-4-8-12-17/h3-12,14-15H,13H2,1-2H3/t15-/m0/s1. The summed E-state index contributed by atoms with van der Waals surface area (Å²) in [7, 11) is 1.83. The Bertz CT molecular complexity index is 820. The highest BCUT2D eigenvalue weighted by Gasteiger charge is 2.21. The number of carbonyl (C=O) groups is 1. The Balaban J connectivity index is 1.67. The van der Waals surface area contributed by atoms with Gasteiger partial charge in [-0.1, -0.05) is 60.3 Å². The van der Waals surface area contributed by atoms with Crippen LogP contribution >= 0.6 is 11.8 Å². The topological polar surface area (TPSA) is 51.0 Å².